The predicted octanol–water partition coefficient (Wildman–Crippen LogP) is 4.01. The third kappa shape index (κ3) is 5.19. The van der Waals surface area contributed by atoms with Crippen molar-refractivity contribution >= 4 is 40.4 Å². The Morgan fingerprint density at radius 2 is 1.60 bits per heavy atom. The lowest BCUT2D eigenvalue weighted by Crippen LogP contribution is -2.63. The van der Waals surface area contributed by atoms with Crippen molar-refractivity contribution in [2.75, 3.05) is 82.4 Å². The van der Waals surface area contributed by atoms with E-state index in [0.717, 1.165) is 45.3 Å². The highest BCUT2D eigenvalue weighted by Gasteiger charge is 2.38. The molecule has 7 rings (SSSR count). The molecule has 1 amide bonds. The molecule has 3 saturated heterocycles. The molecule has 43 heavy (non-hydrogen) atoms. The van der Waals surface area contributed by atoms with Gasteiger partial charge in [-0.1, -0.05) is 17.7 Å². The number of anilines is 2. The van der Waals surface area contributed by atoms with E-state index in [1.807, 2.05) is 9.80 Å². The zero-order chi connectivity index (χ0) is 29.8. The molecule has 3 aromatic rings. The van der Waals surface area contributed by atoms with Gasteiger partial charge in [-0.05, 0) is 31.0 Å². The Balaban J connectivity index is 1.24. The zero-order valence-electron chi connectivity index (χ0n) is 24.0. The Morgan fingerprint density at radius 3 is 2.23 bits per heavy atom. The van der Waals surface area contributed by atoms with Crippen molar-refractivity contribution in [1.29, 1.82) is 0 Å². The summed E-state index contributed by atoms with van der Waals surface area (Å²) in [6.07, 6.45) is 1.66. The normalized spacial score (nSPS) is 20.5. The molecule has 0 radical (unpaired) electrons. The minimum Gasteiger partial charge on any atom is -0.496 e. The number of fused-ring (bicyclic) bond motifs is 1. The van der Waals surface area contributed by atoms with Crippen molar-refractivity contribution in [3.8, 4) is 16.9 Å². The number of ether oxygens (including phenoxy) is 1. The van der Waals surface area contributed by atoms with Crippen LogP contribution >= 0.6 is 11.6 Å². The second-order valence-corrected chi connectivity index (χ2v) is 12.1. The van der Waals surface area contributed by atoms with Gasteiger partial charge in [0.05, 0.1) is 17.7 Å². The summed E-state index contributed by atoms with van der Waals surface area (Å²) in [4.78, 5) is 31.6. The lowest BCUT2D eigenvalue weighted by molar-refractivity contribution is 0.0788. The summed E-state index contributed by atoms with van der Waals surface area (Å²) in [5.41, 5.74) is -0.155. The van der Waals surface area contributed by atoms with E-state index in [1.165, 1.54) is 37.0 Å². The molecule has 228 valence electrons. The Morgan fingerprint density at radius 1 is 0.930 bits per heavy atom. The smallest absolute Gasteiger partial charge is 0.407 e. The van der Waals surface area contributed by atoms with Crippen LogP contribution in [0.1, 0.15) is 12.8 Å². The van der Waals surface area contributed by atoms with Crippen molar-refractivity contribution in [3.05, 3.63) is 40.9 Å². The summed E-state index contributed by atoms with van der Waals surface area (Å²) in [5.74, 6) is -0.380. The number of hydrogen-bond donors (Lipinski definition) is 1. The van der Waals surface area contributed by atoms with Gasteiger partial charge in [0.25, 0.3) is 0 Å². The van der Waals surface area contributed by atoms with E-state index >= 15 is 8.78 Å². The lowest BCUT2D eigenvalue weighted by Gasteiger charge is -2.48. The molecule has 3 aliphatic heterocycles. The van der Waals surface area contributed by atoms with Gasteiger partial charge in [-0.2, -0.15) is 4.98 Å². The van der Waals surface area contributed by atoms with E-state index < -0.39 is 17.7 Å². The second-order valence-electron chi connectivity index (χ2n) is 11.7. The minimum absolute atomic E-state index is 0.00419. The van der Waals surface area contributed by atoms with Gasteiger partial charge < -0.3 is 24.5 Å². The van der Waals surface area contributed by atoms with Crippen molar-refractivity contribution in [1.82, 2.24) is 24.7 Å². The summed E-state index contributed by atoms with van der Waals surface area (Å²) in [5, 5.41) is 9.83. The molecule has 4 fully saturated rings. The summed E-state index contributed by atoms with van der Waals surface area (Å²) in [7, 11) is 1.40. The number of amides is 1. The highest BCUT2D eigenvalue weighted by atomic mass is 35.5. The number of hydrogen-bond acceptors (Lipinski definition) is 8. The maximum absolute atomic E-state index is 16.5. The number of methoxy groups -OCH3 is 1. The summed E-state index contributed by atoms with van der Waals surface area (Å²) in [6, 6.07) is 7.01. The van der Waals surface area contributed by atoms with Crippen LogP contribution < -0.4 is 14.5 Å². The first-order valence-corrected chi connectivity index (χ1v) is 15.2. The monoisotopic (exact) mass is 613 g/mol. The van der Waals surface area contributed by atoms with Crippen molar-refractivity contribution in [2.45, 2.75) is 24.9 Å². The summed E-state index contributed by atoms with van der Waals surface area (Å²) in [6.45, 7) is 7.05. The molecule has 2 aromatic carbocycles. The van der Waals surface area contributed by atoms with Crippen LogP contribution in [0.3, 0.4) is 0 Å². The largest absolute Gasteiger partial charge is 0.496 e. The number of rotatable bonds is 6. The highest BCUT2D eigenvalue weighted by Crippen LogP contribution is 2.43. The van der Waals surface area contributed by atoms with E-state index in [4.69, 9.17) is 26.3 Å². The van der Waals surface area contributed by atoms with Crippen molar-refractivity contribution in [2.24, 2.45) is 0 Å². The fraction of sp³-hybridized carbons (Fsp3) is 0.500. The fourth-order valence-corrected chi connectivity index (χ4v) is 6.85. The van der Waals surface area contributed by atoms with Gasteiger partial charge in [0.1, 0.15) is 22.9 Å². The molecule has 4 heterocycles. The van der Waals surface area contributed by atoms with Crippen LogP contribution in [0, 0.1) is 11.6 Å². The van der Waals surface area contributed by atoms with Gasteiger partial charge in [-0.3, -0.25) is 9.80 Å². The molecule has 1 aliphatic carbocycles. The standard InChI is InChI=1S/C30H34ClF2N7O3/c1-43-23-4-2-3-22(32)25(23)24-21(31)15-20-27(26(24)33)34-29(35-28(20)38-11-13-39(14-12-38)30(41)42)40-16-19(17-40)37-9-7-36(8-10-37)18-5-6-18/h2-4,15,18-19H,5-14,16-17H2,1H3,(H,41,42). The van der Waals surface area contributed by atoms with Gasteiger partial charge in [0.2, 0.25) is 5.95 Å². The van der Waals surface area contributed by atoms with E-state index in [-0.39, 0.29) is 40.5 Å². The topological polar surface area (TPSA) is 88.5 Å². The Bertz CT molecular complexity index is 1550. The number of benzene rings is 2. The molecule has 13 heteroatoms. The Hall–Kier alpha value is -3.48. The average Bonchev–Trinajstić information content (AvgIpc) is 3.83. The third-order valence-corrected chi connectivity index (χ3v) is 9.52. The number of nitrogens with zero attached hydrogens (tertiary/aromatic N) is 7. The van der Waals surface area contributed by atoms with Crippen LogP contribution in [0.2, 0.25) is 5.02 Å². The van der Waals surface area contributed by atoms with E-state index in [0.29, 0.717) is 36.3 Å². The average molecular weight is 614 g/mol. The van der Waals surface area contributed by atoms with Gasteiger partial charge in [-0.15, -0.1) is 0 Å². The molecular formula is C30H34ClF2N7O3. The third-order valence-electron chi connectivity index (χ3n) is 9.22. The maximum atomic E-state index is 16.5. The number of carboxylic acid groups (broad SMARTS) is 1. The number of halogens is 3. The first kappa shape index (κ1) is 28.3. The van der Waals surface area contributed by atoms with Crippen LogP contribution in [-0.4, -0.2) is 121 Å². The maximum Gasteiger partial charge on any atom is 0.407 e. The van der Waals surface area contributed by atoms with Crippen LogP contribution in [0.5, 0.6) is 5.75 Å². The molecular weight excluding hydrogens is 580 g/mol. The second kappa shape index (κ2) is 11.2. The number of aromatic nitrogens is 2. The molecule has 0 spiro atoms. The molecule has 10 nitrogen and oxygen atoms in total. The molecule has 1 aromatic heterocycles. The molecule has 4 aliphatic rings. The molecule has 0 atom stereocenters. The Labute approximate surface area is 253 Å². The SMILES string of the molecule is COc1cccc(F)c1-c1c(Cl)cc2c(N3CCN(C(=O)O)CC3)nc(N3CC(N4CCN(C5CC5)CC4)C3)nc2c1F. The van der Waals surface area contributed by atoms with E-state index in [2.05, 4.69) is 9.80 Å². The van der Waals surface area contributed by atoms with Crippen molar-refractivity contribution < 1.29 is 23.4 Å². The Kier molecular flexibility index (Phi) is 7.38. The van der Waals surface area contributed by atoms with Crippen molar-refractivity contribution in [3.63, 3.8) is 0 Å². The molecule has 1 N–H and O–H groups in total. The van der Waals surface area contributed by atoms with Gasteiger partial charge in [0, 0.05) is 88.5 Å². The lowest BCUT2D eigenvalue weighted by atomic mass is 10.0. The predicted molar refractivity (Wildman–Crippen MR) is 160 cm³/mol. The minimum atomic E-state index is -0.977. The fourth-order valence-electron chi connectivity index (χ4n) is 6.56. The first-order valence-electron chi connectivity index (χ1n) is 14.8. The van der Waals surface area contributed by atoms with Gasteiger partial charge in [0.15, 0.2) is 5.82 Å². The van der Waals surface area contributed by atoms with Crippen LogP contribution in [0.25, 0.3) is 22.0 Å². The van der Waals surface area contributed by atoms with Crippen LogP contribution in [0.15, 0.2) is 24.3 Å². The van der Waals surface area contributed by atoms with Crippen LogP contribution in [0.4, 0.5) is 25.3 Å². The molecule has 0 unspecified atom stereocenters. The van der Waals surface area contributed by atoms with E-state index in [1.54, 1.807) is 12.1 Å². The van der Waals surface area contributed by atoms with E-state index in [9.17, 15) is 9.90 Å². The highest BCUT2D eigenvalue weighted by molar-refractivity contribution is 6.34. The number of piperazine rings is 2. The zero-order valence-corrected chi connectivity index (χ0v) is 24.7. The summed E-state index contributed by atoms with van der Waals surface area (Å²) < 4.78 is 37.0. The quantitative estimate of drug-likeness (QED) is 0.443. The summed E-state index contributed by atoms with van der Waals surface area (Å²) >= 11 is 6.66. The number of carbonyl (C=O) groups is 1. The van der Waals surface area contributed by atoms with Crippen LogP contribution in [-0.2, 0) is 0 Å². The first-order chi connectivity index (χ1) is 20.8. The molecule has 0 bridgehead atoms. The molecule has 1 saturated carbocycles. The van der Waals surface area contributed by atoms with Gasteiger partial charge in [-0.25, -0.2) is 18.6 Å². The van der Waals surface area contributed by atoms with Gasteiger partial charge >= 0.3 is 6.09 Å².